The predicted octanol–water partition coefficient (Wildman–Crippen LogP) is 3.06. The topological polar surface area (TPSA) is 72.7 Å². The van der Waals surface area contributed by atoms with Gasteiger partial charge in [-0.05, 0) is 43.7 Å². The van der Waals surface area contributed by atoms with Crippen LogP contribution in [0.5, 0.6) is 0 Å². The van der Waals surface area contributed by atoms with Gasteiger partial charge in [-0.2, -0.15) is 5.26 Å². The summed E-state index contributed by atoms with van der Waals surface area (Å²) in [4.78, 5) is 9.93. The van der Waals surface area contributed by atoms with Crippen molar-refractivity contribution < 1.29 is 4.74 Å². The zero-order valence-corrected chi connectivity index (χ0v) is 18.0. The lowest BCUT2D eigenvalue weighted by Crippen LogP contribution is -2.46. The number of aryl methyl sites for hydroxylation is 1. The van der Waals surface area contributed by atoms with Gasteiger partial charge in [0.1, 0.15) is 0 Å². The van der Waals surface area contributed by atoms with Crippen molar-refractivity contribution in [2.24, 2.45) is 4.99 Å². The fraction of sp³-hybridized carbons (Fsp3) is 0.455. The third-order valence-corrected chi connectivity index (χ3v) is 5.99. The molecule has 0 amide bonds. The molecule has 0 saturated carbocycles. The Kier molecular flexibility index (Phi) is 8.05. The van der Waals surface area contributed by atoms with Gasteiger partial charge in [-0.1, -0.05) is 12.1 Å². The molecule has 1 aliphatic heterocycles. The van der Waals surface area contributed by atoms with Crippen LogP contribution in [0.15, 0.2) is 41.4 Å². The number of hydrogen-bond donors (Lipinski definition) is 2. The lowest BCUT2D eigenvalue weighted by molar-refractivity contribution is 0.0177. The van der Waals surface area contributed by atoms with Gasteiger partial charge in [0.05, 0.1) is 37.4 Å². The largest absolute Gasteiger partial charge is 0.379 e. The molecule has 1 aromatic carbocycles. The van der Waals surface area contributed by atoms with E-state index in [1.807, 2.05) is 35.6 Å². The average Bonchev–Trinajstić information content (AvgIpc) is 3.19. The molecule has 0 aliphatic carbocycles. The highest BCUT2D eigenvalue weighted by Crippen LogP contribution is 2.27. The summed E-state index contributed by atoms with van der Waals surface area (Å²) in [6, 6.07) is 14.5. The molecule has 0 spiro atoms. The number of guanidine groups is 1. The molecule has 0 radical (unpaired) electrons. The molecule has 2 aromatic rings. The van der Waals surface area contributed by atoms with Crippen LogP contribution in [0, 0.1) is 18.3 Å². The number of rotatable bonds is 7. The van der Waals surface area contributed by atoms with Gasteiger partial charge in [0.2, 0.25) is 0 Å². The molecule has 2 heterocycles. The van der Waals surface area contributed by atoms with Crippen LogP contribution in [-0.2, 0) is 11.3 Å². The van der Waals surface area contributed by atoms with Gasteiger partial charge in [0.25, 0.3) is 0 Å². The molecule has 6 nitrogen and oxygen atoms in total. The minimum atomic E-state index is 0.302. The summed E-state index contributed by atoms with van der Waals surface area (Å²) in [6.07, 6.45) is 0. The third-order valence-electron chi connectivity index (χ3n) is 4.89. The Hall–Kier alpha value is -2.40. The number of morpholine rings is 1. The van der Waals surface area contributed by atoms with Crippen LogP contribution in [0.2, 0.25) is 0 Å². The van der Waals surface area contributed by atoms with Crippen LogP contribution in [0.4, 0.5) is 0 Å². The zero-order chi connectivity index (χ0) is 20.5. The van der Waals surface area contributed by atoms with E-state index in [1.165, 1.54) is 9.75 Å². The highest BCUT2D eigenvalue weighted by molar-refractivity contribution is 7.12. The van der Waals surface area contributed by atoms with Crippen LogP contribution >= 0.6 is 11.3 Å². The van der Waals surface area contributed by atoms with Gasteiger partial charge in [-0.25, -0.2) is 4.99 Å². The first kappa shape index (κ1) is 21.3. The van der Waals surface area contributed by atoms with Crippen LogP contribution in [0.3, 0.4) is 0 Å². The number of nitrogens with one attached hydrogen (secondary N) is 2. The average molecular weight is 412 g/mol. The zero-order valence-electron chi connectivity index (χ0n) is 17.1. The maximum absolute atomic E-state index is 8.93. The van der Waals surface area contributed by atoms with Crippen LogP contribution in [-0.4, -0.2) is 50.3 Å². The molecule has 1 atom stereocenters. The van der Waals surface area contributed by atoms with Crippen molar-refractivity contribution in [1.82, 2.24) is 15.5 Å². The van der Waals surface area contributed by atoms with E-state index in [1.54, 1.807) is 0 Å². The fourth-order valence-corrected chi connectivity index (χ4v) is 4.33. The van der Waals surface area contributed by atoms with Crippen molar-refractivity contribution in [3.63, 3.8) is 0 Å². The van der Waals surface area contributed by atoms with E-state index in [9.17, 15) is 0 Å². The van der Waals surface area contributed by atoms with Crippen LogP contribution in [0.25, 0.3) is 0 Å². The summed E-state index contributed by atoms with van der Waals surface area (Å²) < 4.78 is 5.54. The Morgan fingerprint density at radius 1 is 1.21 bits per heavy atom. The van der Waals surface area contributed by atoms with Crippen molar-refractivity contribution in [3.05, 3.63) is 57.3 Å². The summed E-state index contributed by atoms with van der Waals surface area (Å²) in [5.41, 5.74) is 1.75. The number of ether oxygens (including phenoxy) is 1. The maximum atomic E-state index is 8.93. The second-order valence-electron chi connectivity index (χ2n) is 7.00. The monoisotopic (exact) mass is 411 g/mol. The molecule has 2 N–H and O–H groups in total. The summed E-state index contributed by atoms with van der Waals surface area (Å²) in [7, 11) is 0. The number of hydrogen-bond acceptors (Lipinski definition) is 5. The Bertz CT molecular complexity index is 834. The quantitative estimate of drug-likeness (QED) is 0.541. The molecule has 7 heteroatoms. The highest BCUT2D eigenvalue weighted by Gasteiger charge is 2.24. The Morgan fingerprint density at radius 2 is 1.97 bits per heavy atom. The van der Waals surface area contributed by atoms with Crippen molar-refractivity contribution in [1.29, 1.82) is 5.26 Å². The van der Waals surface area contributed by atoms with E-state index in [4.69, 9.17) is 15.0 Å². The van der Waals surface area contributed by atoms with E-state index in [0.717, 1.165) is 50.9 Å². The summed E-state index contributed by atoms with van der Waals surface area (Å²) >= 11 is 1.86. The first-order chi connectivity index (χ1) is 14.2. The second-order valence-corrected chi connectivity index (χ2v) is 8.32. The summed E-state index contributed by atoms with van der Waals surface area (Å²) in [5.74, 6) is 0.809. The van der Waals surface area contributed by atoms with Gasteiger partial charge in [0, 0.05) is 35.9 Å². The van der Waals surface area contributed by atoms with Crippen LogP contribution in [0.1, 0.15) is 33.8 Å². The minimum absolute atomic E-state index is 0.302. The Labute approximate surface area is 177 Å². The highest BCUT2D eigenvalue weighted by atomic mass is 32.1. The summed E-state index contributed by atoms with van der Waals surface area (Å²) in [6.45, 7) is 9.86. The van der Waals surface area contributed by atoms with Gasteiger partial charge in [0.15, 0.2) is 5.96 Å². The molecule has 1 unspecified atom stereocenters. The van der Waals surface area contributed by atoms with E-state index in [2.05, 4.69) is 47.6 Å². The molecule has 1 fully saturated rings. The van der Waals surface area contributed by atoms with Crippen LogP contribution < -0.4 is 10.6 Å². The molecule has 1 aromatic heterocycles. The van der Waals surface area contributed by atoms with Gasteiger partial charge in [-0.15, -0.1) is 11.3 Å². The number of nitriles is 1. The number of nitrogens with zero attached hydrogens (tertiary/aromatic N) is 3. The van der Waals surface area contributed by atoms with E-state index >= 15 is 0 Å². The Morgan fingerprint density at radius 3 is 2.59 bits per heavy atom. The van der Waals surface area contributed by atoms with Gasteiger partial charge >= 0.3 is 0 Å². The number of aliphatic imine (C=N–C) groups is 1. The van der Waals surface area contributed by atoms with Gasteiger partial charge < -0.3 is 15.4 Å². The van der Waals surface area contributed by atoms with E-state index in [0.29, 0.717) is 18.2 Å². The lowest BCUT2D eigenvalue weighted by atomic mass is 10.1. The van der Waals surface area contributed by atoms with Gasteiger partial charge in [-0.3, -0.25) is 4.90 Å². The van der Waals surface area contributed by atoms with Crippen molar-refractivity contribution in [2.75, 3.05) is 39.4 Å². The third kappa shape index (κ3) is 6.29. The van der Waals surface area contributed by atoms with Crippen molar-refractivity contribution >= 4 is 17.3 Å². The van der Waals surface area contributed by atoms with E-state index in [-0.39, 0.29) is 0 Å². The molecule has 1 aliphatic rings. The second kappa shape index (κ2) is 11.0. The molecule has 0 bridgehead atoms. The molecule has 3 rings (SSSR count). The lowest BCUT2D eigenvalue weighted by Gasteiger charge is -2.34. The standard InChI is InChI=1S/C22H29N5OS/c1-3-24-22(25-15-19-7-5-18(14-23)6-8-19)26-16-20(21-9-4-17(2)29-21)27-10-12-28-13-11-27/h4-9,20H,3,10-13,15-16H2,1-2H3,(H2,24,25,26). The first-order valence-electron chi connectivity index (χ1n) is 10.1. The Balaban J connectivity index is 1.67. The molecule has 29 heavy (non-hydrogen) atoms. The molecular formula is C22H29N5OS. The number of thiophene rings is 1. The van der Waals surface area contributed by atoms with Crippen molar-refractivity contribution in [3.8, 4) is 6.07 Å². The fourth-order valence-electron chi connectivity index (χ4n) is 3.32. The SMILES string of the molecule is CCNC(=NCc1ccc(C#N)cc1)NCC(c1ccc(C)s1)N1CCOCC1. The first-order valence-corrected chi connectivity index (χ1v) is 10.9. The molecule has 1 saturated heterocycles. The minimum Gasteiger partial charge on any atom is -0.379 e. The van der Waals surface area contributed by atoms with Crippen molar-refractivity contribution in [2.45, 2.75) is 26.4 Å². The smallest absolute Gasteiger partial charge is 0.191 e. The predicted molar refractivity (Wildman–Crippen MR) is 118 cm³/mol. The summed E-state index contributed by atoms with van der Waals surface area (Å²) in [5, 5.41) is 15.8. The number of benzene rings is 1. The maximum Gasteiger partial charge on any atom is 0.191 e. The molecular weight excluding hydrogens is 382 g/mol. The normalized spacial score (nSPS) is 16.2. The molecule has 154 valence electrons. The van der Waals surface area contributed by atoms with E-state index < -0.39 is 0 Å².